The first-order valence-electron chi connectivity index (χ1n) is 6.37. The number of pyridine rings is 1. The summed E-state index contributed by atoms with van der Waals surface area (Å²) in [5.41, 5.74) is -0.494. The van der Waals surface area contributed by atoms with Gasteiger partial charge in [0.05, 0.1) is 8.30 Å². The Balaban J connectivity index is 2.39. The topological polar surface area (TPSA) is 137 Å². The Morgan fingerprint density at radius 2 is 2.00 bits per heavy atom. The minimum absolute atomic E-state index is 0.0361. The SMILES string of the molecule is [2H]c1cnc(NC(=O)c2cc(O)c(S(=O)(=O)O)cc2O)c([2H])c1. The number of amides is 1. The fourth-order valence-electron chi connectivity index (χ4n) is 1.48. The number of hydrogen-bond donors (Lipinski definition) is 4. The first kappa shape index (κ1) is 12.1. The predicted octanol–water partition coefficient (Wildman–Crippen LogP) is 0.992. The van der Waals surface area contributed by atoms with Gasteiger partial charge >= 0.3 is 0 Å². The highest BCUT2D eigenvalue weighted by atomic mass is 32.2. The van der Waals surface area contributed by atoms with Crippen LogP contribution in [0.15, 0.2) is 41.4 Å². The van der Waals surface area contributed by atoms with E-state index in [0.29, 0.717) is 12.1 Å². The summed E-state index contributed by atoms with van der Waals surface area (Å²) in [6.07, 6.45) is 1.09. The van der Waals surface area contributed by atoms with Crippen molar-refractivity contribution in [2.75, 3.05) is 5.32 Å². The highest BCUT2D eigenvalue weighted by molar-refractivity contribution is 7.86. The fourth-order valence-corrected chi connectivity index (χ4v) is 2.06. The van der Waals surface area contributed by atoms with Gasteiger partial charge in [-0.3, -0.25) is 9.35 Å². The normalized spacial score (nSPS) is 12.4. The van der Waals surface area contributed by atoms with Crippen LogP contribution >= 0.6 is 0 Å². The van der Waals surface area contributed by atoms with Crippen LogP contribution in [0, 0.1) is 0 Å². The van der Waals surface area contributed by atoms with Crippen molar-refractivity contribution >= 4 is 21.8 Å². The molecule has 1 aromatic heterocycles. The molecule has 0 bridgehead atoms. The first-order valence-corrected chi connectivity index (χ1v) is 6.81. The van der Waals surface area contributed by atoms with E-state index in [1.807, 2.05) is 0 Å². The Bertz CT molecular complexity index is 901. The summed E-state index contributed by atoms with van der Waals surface area (Å²) in [5.74, 6) is -2.91. The second kappa shape index (κ2) is 5.38. The highest BCUT2D eigenvalue weighted by Crippen LogP contribution is 2.30. The number of phenolic OH excluding ortho intramolecular Hbond substituents is 2. The van der Waals surface area contributed by atoms with Gasteiger partial charge in [0.25, 0.3) is 16.0 Å². The third-order valence-electron chi connectivity index (χ3n) is 2.39. The summed E-state index contributed by atoms with van der Waals surface area (Å²) in [5, 5.41) is 21.4. The molecule has 0 spiro atoms. The quantitative estimate of drug-likeness (QED) is 0.490. The summed E-state index contributed by atoms with van der Waals surface area (Å²) in [7, 11) is -4.77. The van der Waals surface area contributed by atoms with Crippen molar-refractivity contribution in [3.63, 3.8) is 0 Å². The van der Waals surface area contributed by atoms with Gasteiger partial charge < -0.3 is 15.5 Å². The van der Waals surface area contributed by atoms with Gasteiger partial charge in [0.2, 0.25) is 0 Å². The van der Waals surface area contributed by atoms with E-state index in [9.17, 15) is 23.4 Å². The monoisotopic (exact) mass is 312 g/mol. The van der Waals surface area contributed by atoms with Gasteiger partial charge in [-0.05, 0) is 18.2 Å². The Kier molecular flexibility index (Phi) is 3.11. The van der Waals surface area contributed by atoms with Crippen LogP contribution in [-0.4, -0.2) is 34.1 Å². The molecule has 9 heteroatoms. The van der Waals surface area contributed by atoms with E-state index in [1.165, 1.54) is 0 Å². The lowest BCUT2D eigenvalue weighted by Gasteiger charge is -2.08. The minimum atomic E-state index is -4.77. The van der Waals surface area contributed by atoms with Crippen molar-refractivity contribution in [1.82, 2.24) is 4.98 Å². The number of benzene rings is 1. The van der Waals surface area contributed by atoms with Gasteiger partial charge in [-0.2, -0.15) is 8.42 Å². The Labute approximate surface area is 122 Å². The number of anilines is 1. The average Bonchev–Trinajstić information content (AvgIpc) is 2.42. The zero-order valence-electron chi connectivity index (χ0n) is 12.2. The molecule has 0 saturated heterocycles. The minimum Gasteiger partial charge on any atom is -0.507 e. The molecule has 4 N–H and O–H groups in total. The van der Waals surface area contributed by atoms with Crippen LogP contribution in [-0.2, 0) is 10.1 Å². The third kappa shape index (κ3) is 3.27. The van der Waals surface area contributed by atoms with E-state index in [1.54, 1.807) is 0 Å². The van der Waals surface area contributed by atoms with Crippen LogP contribution in [0.2, 0.25) is 0 Å². The smallest absolute Gasteiger partial charge is 0.298 e. The average molecular weight is 312 g/mol. The Morgan fingerprint density at radius 3 is 2.62 bits per heavy atom. The van der Waals surface area contributed by atoms with Gasteiger partial charge in [0.15, 0.2) is 0 Å². The second-order valence-electron chi connectivity index (χ2n) is 3.83. The van der Waals surface area contributed by atoms with Gasteiger partial charge in [0, 0.05) is 12.3 Å². The van der Waals surface area contributed by atoms with Crippen molar-refractivity contribution in [3.8, 4) is 11.5 Å². The molecule has 0 unspecified atom stereocenters. The molecule has 0 atom stereocenters. The molecule has 1 aromatic carbocycles. The van der Waals surface area contributed by atoms with Crippen molar-refractivity contribution in [2.24, 2.45) is 0 Å². The molecule has 0 fully saturated rings. The third-order valence-corrected chi connectivity index (χ3v) is 3.27. The number of hydrogen-bond acceptors (Lipinski definition) is 6. The van der Waals surface area contributed by atoms with Gasteiger partial charge in [-0.15, -0.1) is 0 Å². The molecule has 0 aliphatic rings. The van der Waals surface area contributed by atoms with Gasteiger partial charge in [-0.1, -0.05) is 6.07 Å². The summed E-state index contributed by atoms with van der Waals surface area (Å²) >= 11 is 0. The maximum atomic E-state index is 12.0. The summed E-state index contributed by atoms with van der Waals surface area (Å²) in [6.45, 7) is 0. The molecule has 0 aliphatic carbocycles. The molecule has 1 amide bonds. The van der Waals surface area contributed by atoms with E-state index in [0.717, 1.165) is 12.3 Å². The predicted molar refractivity (Wildman–Crippen MR) is 71.8 cm³/mol. The van der Waals surface area contributed by atoms with Crippen LogP contribution in [0.25, 0.3) is 0 Å². The maximum Gasteiger partial charge on any atom is 0.298 e. The van der Waals surface area contributed by atoms with E-state index in [4.69, 9.17) is 7.29 Å². The molecule has 0 aliphatic heterocycles. The molecule has 0 radical (unpaired) electrons. The molecular weight excluding hydrogens is 300 g/mol. The number of aromatic nitrogens is 1. The number of phenols is 2. The van der Waals surface area contributed by atoms with Crippen molar-refractivity contribution in [3.05, 3.63) is 42.0 Å². The zero-order chi connectivity index (χ0) is 17.4. The number of aromatic hydroxyl groups is 2. The molecule has 110 valence electrons. The van der Waals surface area contributed by atoms with Crippen LogP contribution in [0.5, 0.6) is 11.5 Å². The molecule has 8 nitrogen and oxygen atoms in total. The molecule has 2 aromatic rings. The Hall–Kier alpha value is -2.65. The fraction of sp³-hybridized carbons (Fsp3) is 0. The zero-order valence-corrected chi connectivity index (χ0v) is 11.0. The number of nitrogens with zero attached hydrogens (tertiary/aromatic N) is 1. The molecule has 2 rings (SSSR count). The van der Waals surface area contributed by atoms with Crippen molar-refractivity contribution in [2.45, 2.75) is 4.90 Å². The van der Waals surface area contributed by atoms with Crippen LogP contribution in [0.1, 0.15) is 13.1 Å². The lowest BCUT2D eigenvalue weighted by Crippen LogP contribution is -2.13. The highest BCUT2D eigenvalue weighted by Gasteiger charge is 2.21. The van der Waals surface area contributed by atoms with Crippen LogP contribution in [0.4, 0.5) is 5.82 Å². The van der Waals surface area contributed by atoms with Crippen molar-refractivity contribution < 1.29 is 30.7 Å². The largest absolute Gasteiger partial charge is 0.507 e. The second-order valence-corrected chi connectivity index (χ2v) is 5.22. The first-order chi connectivity index (χ1) is 10.6. The summed E-state index contributed by atoms with van der Waals surface area (Å²) < 4.78 is 45.7. The summed E-state index contributed by atoms with van der Waals surface area (Å²) in [6, 6.07) is 2.01. The lowest BCUT2D eigenvalue weighted by molar-refractivity contribution is 0.102. The van der Waals surface area contributed by atoms with Gasteiger partial charge in [-0.25, -0.2) is 4.98 Å². The van der Waals surface area contributed by atoms with E-state index in [2.05, 4.69) is 10.3 Å². The molecular formula is C12H10N2O6S. The number of rotatable bonds is 3. The molecule has 1 heterocycles. The van der Waals surface area contributed by atoms with Crippen molar-refractivity contribution in [1.29, 1.82) is 0 Å². The summed E-state index contributed by atoms with van der Waals surface area (Å²) in [4.78, 5) is 14.7. The maximum absolute atomic E-state index is 12.0. The molecule has 21 heavy (non-hydrogen) atoms. The lowest BCUT2D eigenvalue weighted by atomic mass is 10.1. The number of carbonyl (C=O) groups excluding carboxylic acids is 1. The number of carbonyl (C=O) groups is 1. The van der Waals surface area contributed by atoms with Gasteiger partial charge in [0.1, 0.15) is 22.2 Å². The Morgan fingerprint density at radius 1 is 1.29 bits per heavy atom. The van der Waals surface area contributed by atoms with Crippen LogP contribution in [0.3, 0.4) is 0 Å². The van der Waals surface area contributed by atoms with E-state index in [-0.39, 0.29) is 17.9 Å². The standard InChI is InChI=1S/C12H10N2O6S/c15-8-6-10(21(18,19)20)9(16)5-7(8)12(17)14-11-3-1-2-4-13-11/h1-6,15-16H,(H,13,14,17)(H,18,19,20)/i2D,3D. The van der Waals surface area contributed by atoms with Crippen LogP contribution < -0.4 is 5.32 Å². The van der Waals surface area contributed by atoms with E-state index >= 15 is 0 Å². The molecule has 0 saturated carbocycles. The number of nitrogens with one attached hydrogen (secondary N) is 1. The van der Waals surface area contributed by atoms with E-state index < -0.39 is 38.0 Å².